The molecule has 0 aromatic heterocycles. The van der Waals surface area contributed by atoms with Gasteiger partial charge in [-0.15, -0.1) is 0 Å². The van der Waals surface area contributed by atoms with E-state index in [0.717, 1.165) is 6.07 Å². The summed E-state index contributed by atoms with van der Waals surface area (Å²) in [5, 5.41) is 17.7. The Hall–Kier alpha value is -2.89. The number of halogens is 1. The van der Waals surface area contributed by atoms with E-state index in [4.69, 9.17) is 14.9 Å². The van der Waals surface area contributed by atoms with Crippen molar-refractivity contribution >= 4 is 11.9 Å². The molecular formula is C15H11FO5. The molecule has 0 atom stereocenters. The molecule has 0 saturated carbocycles. The summed E-state index contributed by atoms with van der Waals surface area (Å²) in [6.07, 6.45) is 0. The van der Waals surface area contributed by atoms with Crippen molar-refractivity contribution in [2.45, 2.75) is 6.61 Å². The van der Waals surface area contributed by atoms with Crippen molar-refractivity contribution in [2.24, 2.45) is 0 Å². The Bertz CT molecular complexity index is 679. The molecule has 0 spiro atoms. The average Bonchev–Trinajstić information content (AvgIpc) is 2.46. The first-order valence-electron chi connectivity index (χ1n) is 5.96. The van der Waals surface area contributed by atoms with Gasteiger partial charge in [0.15, 0.2) is 11.6 Å². The lowest BCUT2D eigenvalue weighted by Gasteiger charge is -2.10. The van der Waals surface area contributed by atoms with E-state index >= 15 is 0 Å². The number of hydrogen-bond acceptors (Lipinski definition) is 3. The molecule has 0 aliphatic rings. The van der Waals surface area contributed by atoms with E-state index < -0.39 is 17.8 Å². The van der Waals surface area contributed by atoms with Gasteiger partial charge in [-0.1, -0.05) is 18.2 Å². The molecule has 0 fully saturated rings. The summed E-state index contributed by atoms with van der Waals surface area (Å²) in [6, 6.07) is 9.45. The van der Waals surface area contributed by atoms with Gasteiger partial charge in [0, 0.05) is 0 Å². The monoisotopic (exact) mass is 290 g/mol. The number of benzene rings is 2. The average molecular weight is 290 g/mol. The van der Waals surface area contributed by atoms with E-state index in [1.165, 1.54) is 36.4 Å². The predicted molar refractivity (Wildman–Crippen MR) is 71.1 cm³/mol. The van der Waals surface area contributed by atoms with Crippen molar-refractivity contribution in [3.05, 3.63) is 65.0 Å². The van der Waals surface area contributed by atoms with Crippen molar-refractivity contribution in [1.29, 1.82) is 0 Å². The van der Waals surface area contributed by atoms with Gasteiger partial charge in [0.05, 0.1) is 5.56 Å². The Morgan fingerprint density at radius 3 is 2.24 bits per heavy atom. The van der Waals surface area contributed by atoms with Crippen molar-refractivity contribution in [2.75, 3.05) is 0 Å². The van der Waals surface area contributed by atoms with Crippen molar-refractivity contribution in [1.82, 2.24) is 0 Å². The molecule has 0 aliphatic heterocycles. The zero-order chi connectivity index (χ0) is 15.4. The van der Waals surface area contributed by atoms with Crippen LogP contribution in [-0.4, -0.2) is 22.2 Å². The number of aromatic carboxylic acids is 2. The number of carboxylic acid groups (broad SMARTS) is 2. The van der Waals surface area contributed by atoms with Crippen LogP contribution < -0.4 is 4.74 Å². The van der Waals surface area contributed by atoms with Crippen LogP contribution >= 0.6 is 0 Å². The molecule has 0 amide bonds. The Morgan fingerprint density at radius 2 is 1.67 bits per heavy atom. The van der Waals surface area contributed by atoms with Crippen LogP contribution in [0.4, 0.5) is 4.39 Å². The fourth-order valence-corrected chi connectivity index (χ4v) is 1.72. The van der Waals surface area contributed by atoms with E-state index in [-0.39, 0.29) is 23.5 Å². The highest BCUT2D eigenvalue weighted by atomic mass is 19.1. The SMILES string of the molecule is O=C(O)c1ccc(COc2c(F)cccc2C(=O)O)cc1. The topological polar surface area (TPSA) is 83.8 Å². The number of para-hydroxylation sites is 1. The maximum absolute atomic E-state index is 13.6. The van der Waals surface area contributed by atoms with Crippen LogP contribution in [0, 0.1) is 5.82 Å². The zero-order valence-electron chi connectivity index (χ0n) is 10.7. The maximum Gasteiger partial charge on any atom is 0.339 e. The molecule has 0 radical (unpaired) electrons. The second kappa shape index (κ2) is 6.04. The van der Waals surface area contributed by atoms with Gasteiger partial charge in [-0.2, -0.15) is 0 Å². The van der Waals surface area contributed by atoms with Gasteiger partial charge in [-0.05, 0) is 29.8 Å². The minimum atomic E-state index is -1.29. The first-order chi connectivity index (χ1) is 9.99. The maximum atomic E-state index is 13.6. The predicted octanol–water partition coefficient (Wildman–Crippen LogP) is 2.80. The largest absolute Gasteiger partial charge is 0.485 e. The van der Waals surface area contributed by atoms with Crippen molar-refractivity contribution in [3.8, 4) is 5.75 Å². The Kier molecular flexibility index (Phi) is 4.18. The first-order valence-corrected chi connectivity index (χ1v) is 5.96. The lowest BCUT2D eigenvalue weighted by atomic mass is 10.1. The Morgan fingerprint density at radius 1 is 1.00 bits per heavy atom. The van der Waals surface area contributed by atoms with E-state index in [1.807, 2.05) is 0 Å². The molecule has 0 bridgehead atoms. The number of ether oxygens (including phenoxy) is 1. The van der Waals surface area contributed by atoms with Crippen LogP contribution in [0.25, 0.3) is 0 Å². The third kappa shape index (κ3) is 3.36. The van der Waals surface area contributed by atoms with Gasteiger partial charge in [0.25, 0.3) is 0 Å². The second-order valence-corrected chi connectivity index (χ2v) is 4.21. The molecule has 2 rings (SSSR count). The number of carbonyl (C=O) groups is 2. The van der Waals surface area contributed by atoms with E-state index in [0.29, 0.717) is 5.56 Å². The molecule has 2 aromatic rings. The highest BCUT2D eigenvalue weighted by molar-refractivity contribution is 5.91. The smallest absolute Gasteiger partial charge is 0.339 e. The molecule has 21 heavy (non-hydrogen) atoms. The molecular weight excluding hydrogens is 279 g/mol. The van der Waals surface area contributed by atoms with Crippen LogP contribution in [0.3, 0.4) is 0 Å². The molecule has 5 nitrogen and oxygen atoms in total. The van der Waals surface area contributed by atoms with Crippen LogP contribution in [0.15, 0.2) is 42.5 Å². The van der Waals surface area contributed by atoms with Gasteiger partial charge in [0.2, 0.25) is 0 Å². The lowest BCUT2D eigenvalue weighted by molar-refractivity contribution is 0.0681. The second-order valence-electron chi connectivity index (χ2n) is 4.21. The van der Waals surface area contributed by atoms with Crippen LogP contribution in [-0.2, 0) is 6.61 Å². The first kappa shape index (κ1) is 14.5. The van der Waals surface area contributed by atoms with E-state index in [2.05, 4.69) is 0 Å². The molecule has 0 unspecified atom stereocenters. The third-order valence-corrected chi connectivity index (χ3v) is 2.78. The Labute approximate surface area is 119 Å². The zero-order valence-corrected chi connectivity index (χ0v) is 10.7. The van der Waals surface area contributed by atoms with Crippen molar-refractivity contribution < 1.29 is 28.9 Å². The fourth-order valence-electron chi connectivity index (χ4n) is 1.72. The molecule has 6 heteroatoms. The fraction of sp³-hybridized carbons (Fsp3) is 0.0667. The number of carboxylic acids is 2. The summed E-state index contributed by atoms with van der Waals surface area (Å²) in [6.45, 7) is -0.0683. The van der Waals surface area contributed by atoms with Crippen LogP contribution in [0.1, 0.15) is 26.3 Å². The summed E-state index contributed by atoms with van der Waals surface area (Å²) in [4.78, 5) is 21.7. The number of rotatable bonds is 5. The molecule has 2 N–H and O–H groups in total. The summed E-state index contributed by atoms with van der Waals surface area (Å²) in [5.41, 5.74) is 0.451. The quantitative estimate of drug-likeness (QED) is 0.884. The van der Waals surface area contributed by atoms with E-state index in [9.17, 15) is 14.0 Å². The summed E-state index contributed by atoms with van der Waals surface area (Å²) in [5.74, 6) is -3.44. The molecule has 0 saturated heterocycles. The van der Waals surface area contributed by atoms with Crippen LogP contribution in [0.5, 0.6) is 5.75 Å². The summed E-state index contributed by atoms with van der Waals surface area (Å²) >= 11 is 0. The summed E-state index contributed by atoms with van der Waals surface area (Å²) < 4.78 is 18.8. The highest BCUT2D eigenvalue weighted by Crippen LogP contribution is 2.23. The molecule has 108 valence electrons. The minimum Gasteiger partial charge on any atom is -0.485 e. The van der Waals surface area contributed by atoms with Crippen LogP contribution in [0.2, 0.25) is 0 Å². The van der Waals surface area contributed by atoms with Gasteiger partial charge in [0.1, 0.15) is 12.2 Å². The Balaban J connectivity index is 2.16. The van der Waals surface area contributed by atoms with Gasteiger partial charge in [-0.25, -0.2) is 14.0 Å². The standard InChI is InChI=1S/C15H11FO5/c16-12-3-1-2-11(15(19)20)13(12)21-8-9-4-6-10(7-5-9)14(17)18/h1-7H,8H2,(H,17,18)(H,19,20). The number of hydrogen-bond donors (Lipinski definition) is 2. The van der Waals surface area contributed by atoms with Gasteiger partial charge >= 0.3 is 11.9 Å². The van der Waals surface area contributed by atoms with E-state index in [1.54, 1.807) is 0 Å². The van der Waals surface area contributed by atoms with Gasteiger partial charge in [-0.3, -0.25) is 0 Å². The van der Waals surface area contributed by atoms with Gasteiger partial charge < -0.3 is 14.9 Å². The molecule has 0 heterocycles. The summed E-state index contributed by atoms with van der Waals surface area (Å²) in [7, 11) is 0. The third-order valence-electron chi connectivity index (χ3n) is 2.78. The minimum absolute atomic E-state index is 0.0683. The highest BCUT2D eigenvalue weighted by Gasteiger charge is 2.15. The molecule has 0 aliphatic carbocycles. The van der Waals surface area contributed by atoms with Crippen molar-refractivity contribution in [3.63, 3.8) is 0 Å². The lowest BCUT2D eigenvalue weighted by Crippen LogP contribution is -2.05. The normalized spacial score (nSPS) is 10.1. The molecule has 2 aromatic carbocycles.